The van der Waals surface area contributed by atoms with E-state index in [4.69, 9.17) is 20.8 Å². The van der Waals surface area contributed by atoms with Crippen molar-refractivity contribution >= 4 is 34.3 Å². The maximum atomic E-state index is 12.1. The Morgan fingerprint density at radius 1 is 1.10 bits per heavy atom. The van der Waals surface area contributed by atoms with Gasteiger partial charge >= 0.3 is 0 Å². The molecule has 1 heterocycles. The van der Waals surface area contributed by atoms with E-state index in [1.54, 1.807) is 24.3 Å². The molecule has 4 aromatic rings. The van der Waals surface area contributed by atoms with E-state index in [1.807, 2.05) is 30.3 Å². The van der Waals surface area contributed by atoms with Crippen molar-refractivity contribution < 1.29 is 13.9 Å². The molecule has 6 heteroatoms. The number of nitrogens with zero attached hydrogens (tertiary/aromatic N) is 1. The van der Waals surface area contributed by atoms with Gasteiger partial charge in [-0.3, -0.25) is 4.79 Å². The number of rotatable bonds is 7. The van der Waals surface area contributed by atoms with E-state index < -0.39 is 0 Å². The summed E-state index contributed by atoms with van der Waals surface area (Å²) < 4.78 is 11.4. The molecule has 158 valence electrons. The zero-order valence-electron chi connectivity index (χ0n) is 17.4. The van der Waals surface area contributed by atoms with Crippen molar-refractivity contribution in [3.63, 3.8) is 0 Å². The summed E-state index contributed by atoms with van der Waals surface area (Å²) in [6, 6.07) is 20.4. The lowest BCUT2D eigenvalue weighted by atomic mass is 9.98. The molecule has 5 nitrogen and oxygen atoms in total. The first kappa shape index (κ1) is 20.9. The van der Waals surface area contributed by atoms with Gasteiger partial charge in [-0.05, 0) is 78.6 Å². The van der Waals surface area contributed by atoms with Gasteiger partial charge in [-0.15, -0.1) is 0 Å². The number of carbonyl (C=O) groups excluding carboxylic acids is 1. The molecule has 3 aromatic carbocycles. The number of carbonyl (C=O) groups is 1. The molecule has 1 atom stereocenters. The minimum absolute atomic E-state index is 0.0902. The van der Waals surface area contributed by atoms with Gasteiger partial charge in [0, 0.05) is 16.3 Å². The van der Waals surface area contributed by atoms with Gasteiger partial charge in [-0.2, -0.15) is 0 Å². The summed E-state index contributed by atoms with van der Waals surface area (Å²) in [7, 11) is 0. The Balaban J connectivity index is 1.40. The molecule has 0 fully saturated rings. The molecular formula is C25H23ClN2O3. The van der Waals surface area contributed by atoms with Crippen molar-refractivity contribution in [1.82, 2.24) is 4.98 Å². The lowest BCUT2D eigenvalue weighted by molar-refractivity contribution is -0.118. The molecule has 0 unspecified atom stereocenters. The Morgan fingerprint density at radius 2 is 1.84 bits per heavy atom. The van der Waals surface area contributed by atoms with Crippen molar-refractivity contribution in [2.75, 3.05) is 11.9 Å². The van der Waals surface area contributed by atoms with E-state index in [0.29, 0.717) is 28.3 Å². The summed E-state index contributed by atoms with van der Waals surface area (Å²) in [6.07, 6.45) is 1.08. The van der Waals surface area contributed by atoms with Crippen LogP contribution >= 0.6 is 11.6 Å². The number of benzene rings is 3. The summed E-state index contributed by atoms with van der Waals surface area (Å²) in [4.78, 5) is 16.8. The Hall–Kier alpha value is -3.31. The van der Waals surface area contributed by atoms with Gasteiger partial charge in [0.1, 0.15) is 11.3 Å². The average molecular weight is 435 g/mol. The molecule has 1 amide bonds. The second-order valence-electron chi connectivity index (χ2n) is 7.42. The SMILES string of the molecule is CC[C@@H](C)c1ccc2oc(-c3ccc(NC(=O)COc4ccc(Cl)cc4)cc3)nc2c1. The number of fused-ring (bicyclic) bond motifs is 1. The maximum Gasteiger partial charge on any atom is 0.262 e. The number of ether oxygens (including phenoxy) is 1. The second kappa shape index (κ2) is 9.23. The Labute approximate surface area is 186 Å². The van der Waals surface area contributed by atoms with Crippen LogP contribution in [0.5, 0.6) is 5.75 Å². The molecule has 0 spiro atoms. The largest absolute Gasteiger partial charge is 0.484 e. The highest BCUT2D eigenvalue weighted by atomic mass is 35.5. The van der Waals surface area contributed by atoms with Crippen LogP contribution in [0.4, 0.5) is 5.69 Å². The standard InChI is InChI=1S/C25H23ClN2O3/c1-3-16(2)18-6-13-23-22(14-18)28-25(31-23)17-4-9-20(10-5-17)27-24(29)15-30-21-11-7-19(26)8-12-21/h4-14,16H,3,15H2,1-2H3,(H,27,29)/t16-/m1/s1. The van der Waals surface area contributed by atoms with E-state index in [2.05, 4.69) is 36.3 Å². The van der Waals surface area contributed by atoms with E-state index in [-0.39, 0.29) is 12.5 Å². The molecule has 0 aliphatic carbocycles. The van der Waals surface area contributed by atoms with Crippen LogP contribution in [0.2, 0.25) is 5.02 Å². The Bertz CT molecular complexity index is 1180. The number of aromatic nitrogens is 1. The Morgan fingerprint density at radius 3 is 2.55 bits per heavy atom. The lowest BCUT2D eigenvalue weighted by Gasteiger charge is -2.08. The van der Waals surface area contributed by atoms with Crippen LogP contribution in [-0.4, -0.2) is 17.5 Å². The van der Waals surface area contributed by atoms with Crippen molar-refractivity contribution in [3.8, 4) is 17.2 Å². The van der Waals surface area contributed by atoms with E-state index in [0.717, 1.165) is 23.1 Å². The van der Waals surface area contributed by atoms with E-state index >= 15 is 0 Å². The van der Waals surface area contributed by atoms with Gasteiger partial charge < -0.3 is 14.5 Å². The van der Waals surface area contributed by atoms with Crippen LogP contribution in [0.1, 0.15) is 31.7 Å². The number of hydrogen-bond acceptors (Lipinski definition) is 4. The maximum absolute atomic E-state index is 12.1. The predicted molar refractivity (Wildman–Crippen MR) is 124 cm³/mol. The monoisotopic (exact) mass is 434 g/mol. The number of halogens is 1. The zero-order valence-corrected chi connectivity index (χ0v) is 18.1. The summed E-state index contributed by atoms with van der Waals surface area (Å²) in [5.74, 6) is 1.38. The first-order valence-electron chi connectivity index (χ1n) is 10.2. The van der Waals surface area contributed by atoms with E-state index in [1.165, 1.54) is 5.56 Å². The highest BCUT2D eigenvalue weighted by Gasteiger charge is 2.11. The fourth-order valence-corrected chi connectivity index (χ4v) is 3.31. The fourth-order valence-electron chi connectivity index (χ4n) is 3.18. The van der Waals surface area contributed by atoms with Crippen LogP contribution in [0, 0.1) is 0 Å². The van der Waals surface area contributed by atoms with Crippen LogP contribution in [0.25, 0.3) is 22.6 Å². The quantitative estimate of drug-likeness (QED) is 0.352. The van der Waals surface area contributed by atoms with Gasteiger partial charge in [-0.25, -0.2) is 4.98 Å². The fraction of sp³-hybridized carbons (Fsp3) is 0.200. The summed E-state index contributed by atoms with van der Waals surface area (Å²) in [6.45, 7) is 4.29. The molecule has 0 radical (unpaired) electrons. The first-order chi connectivity index (χ1) is 15.0. The minimum Gasteiger partial charge on any atom is -0.484 e. The zero-order chi connectivity index (χ0) is 21.8. The molecule has 0 bridgehead atoms. The van der Waals surface area contributed by atoms with Gasteiger partial charge in [0.05, 0.1) is 0 Å². The van der Waals surface area contributed by atoms with Crippen LogP contribution in [-0.2, 0) is 4.79 Å². The second-order valence-corrected chi connectivity index (χ2v) is 7.86. The van der Waals surface area contributed by atoms with Crippen molar-refractivity contribution in [2.45, 2.75) is 26.2 Å². The van der Waals surface area contributed by atoms with Gasteiger partial charge in [0.2, 0.25) is 5.89 Å². The van der Waals surface area contributed by atoms with Crippen molar-refractivity contribution in [1.29, 1.82) is 0 Å². The lowest BCUT2D eigenvalue weighted by Crippen LogP contribution is -2.20. The molecule has 31 heavy (non-hydrogen) atoms. The third kappa shape index (κ3) is 5.06. The summed E-state index contributed by atoms with van der Waals surface area (Å²) in [5, 5.41) is 3.43. The summed E-state index contributed by atoms with van der Waals surface area (Å²) in [5.41, 5.74) is 4.39. The first-order valence-corrected chi connectivity index (χ1v) is 10.6. The molecule has 0 aliphatic heterocycles. The highest BCUT2D eigenvalue weighted by Crippen LogP contribution is 2.28. The molecule has 1 N–H and O–H groups in total. The van der Waals surface area contributed by atoms with Crippen molar-refractivity contribution in [3.05, 3.63) is 77.3 Å². The molecule has 1 aromatic heterocycles. The number of anilines is 1. The van der Waals surface area contributed by atoms with Gasteiger partial charge in [0.25, 0.3) is 5.91 Å². The number of hydrogen-bond donors (Lipinski definition) is 1. The van der Waals surface area contributed by atoms with Crippen molar-refractivity contribution in [2.24, 2.45) is 0 Å². The average Bonchev–Trinajstić information content (AvgIpc) is 3.22. The topological polar surface area (TPSA) is 64.4 Å². The molecular weight excluding hydrogens is 412 g/mol. The smallest absolute Gasteiger partial charge is 0.262 e. The van der Waals surface area contributed by atoms with Crippen LogP contribution in [0.3, 0.4) is 0 Å². The Kier molecular flexibility index (Phi) is 6.23. The number of amides is 1. The number of nitrogens with one attached hydrogen (secondary N) is 1. The predicted octanol–water partition coefficient (Wildman–Crippen LogP) is 6.68. The third-order valence-corrected chi connectivity index (χ3v) is 5.44. The molecule has 0 saturated heterocycles. The molecule has 4 rings (SSSR count). The highest BCUT2D eigenvalue weighted by molar-refractivity contribution is 6.30. The normalized spacial score (nSPS) is 12.0. The third-order valence-electron chi connectivity index (χ3n) is 5.19. The number of oxazole rings is 1. The minimum atomic E-state index is -0.248. The van der Waals surface area contributed by atoms with Crippen LogP contribution in [0.15, 0.2) is 71.1 Å². The van der Waals surface area contributed by atoms with Gasteiger partial charge in [0.15, 0.2) is 12.2 Å². The van der Waals surface area contributed by atoms with Crippen LogP contribution < -0.4 is 10.1 Å². The molecule has 0 aliphatic rings. The molecule has 0 saturated carbocycles. The van der Waals surface area contributed by atoms with E-state index in [9.17, 15) is 4.79 Å². The summed E-state index contributed by atoms with van der Waals surface area (Å²) >= 11 is 5.84. The van der Waals surface area contributed by atoms with Gasteiger partial charge in [-0.1, -0.05) is 31.5 Å².